The maximum absolute atomic E-state index is 12.5. The Morgan fingerprint density at radius 2 is 1.48 bits per heavy atom. The predicted octanol–water partition coefficient (Wildman–Crippen LogP) is 2.96. The highest BCUT2D eigenvalue weighted by molar-refractivity contribution is 5.80. The summed E-state index contributed by atoms with van der Waals surface area (Å²) in [6.45, 7) is 1.99. The highest BCUT2D eigenvalue weighted by Gasteiger charge is 2.35. The number of rotatable bonds is 9. The summed E-state index contributed by atoms with van der Waals surface area (Å²) in [5, 5.41) is 8.68. The lowest BCUT2D eigenvalue weighted by Crippen LogP contribution is -2.49. The lowest BCUT2D eigenvalue weighted by Gasteiger charge is -2.30. The van der Waals surface area contributed by atoms with E-state index >= 15 is 0 Å². The smallest absolute Gasteiger partial charge is 0.406 e. The topological polar surface area (TPSA) is 60.9 Å². The number of unbranched alkanes of at least 4 members (excludes halogenated alkanes) is 2. The van der Waals surface area contributed by atoms with Crippen LogP contribution in [-0.4, -0.2) is 59.3 Å². The SMILES string of the molecule is CCCCN(CCCC)C(=O)N(CC(=O)O)CC(F)(F)F. The molecule has 0 spiro atoms. The number of amides is 2. The van der Waals surface area contributed by atoms with Crippen LogP contribution in [0.1, 0.15) is 39.5 Å². The van der Waals surface area contributed by atoms with Crippen LogP contribution in [0.2, 0.25) is 0 Å². The van der Waals surface area contributed by atoms with E-state index in [1.807, 2.05) is 13.8 Å². The van der Waals surface area contributed by atoms with Crippen LogP contribution in [-0.2, 0) is 4.79 Å². The van der Waals surface area contributed by atoms with E-state index in [1.54, 1.807) is 0 Å². The molecule has 0 aromatic rings. The first-order valence-electron chi connectivity index (χ1n) is 7.03. The van der Waals surface area contributed by atoms with E-state index < -0.39 is 31.3 Å². The average molecular weight is 312 g/mol. The lowest BCUT2D eigenvalue weighted by molar-refractivity contribution is -0.149. The average Bonchev–Trinajstić information content (AvgIpc) is 2.35. The van der Waals surface area contributed by atoms with Gasteiger partial charge in [0.1, 0.15) is 13.1 Å². The summed E-state index contributed by atoms with van der Waals surface area (Å²) in [4.78, 5) is 24.5. The first-order chi connectivity index (χ1) is 9.71. The minimum absolute atomic E-state index is 0.337. The largest absolute Gasteiger partial charge is 0.480 e. The number of carboxylic acids is 1. The minimum Gasteiger partial charge on any atom is -0.480 e. The second-order valence-electron chi connectivity index (χ2n) is 4.84. The lowest BCUT2D eigenvalue weighted by atomic mass is 10.2. The Kier molecular flexibility index (Phi) is 8.80. The first-order valence-corrected chi connectivity index (χ1v) is 7.03. The second kappa shape index (κ2) is 9.46. The van der Waals surface area contributed by atoms with Gasteiger partial charge in [-0.2, -0.15) is 13.2 Å². The van der Waals surface area contributed by atoms with Crippen molar-refractivity contribution in [3.63, 3.8) is 0 Å². The fourth-order valence-electron chi connectivity index (χ4n) is 1.77. The molecule has 21 heavy (non-hydrogen) atoms. The van der Waals surface area contributed by atoms with Gasteiger partial charge in [-0.25, -0.2) is 4.79 Å². The van der Waals surface area contributed by atoms with E-state index in [1.165, 1.54) is 4.90 Å². The molecule has 0 aliphatic rings. The third kappa shape index (κ3) is 9.14. The zero-order chi connectivity index (χ0) is 16.5. The fraction of sp³-hybridized carbons (Fsp3) is 0.846. The van der Waals surface area contributed by atoms with Crippen molar-refractivity contribution in [3.05, 3.63) is 0 Å². The van der Waals surface area contributed by atoms with Crippen LogP contribution in [0.5, 0.6) is 0 Å². The van der Waals surface area contributed by atoms with Gasteiger partial charge >= 0.3 is 18.2 Å². The van der Waals surface area contributed by atoms with Crippen molar-refractivity contribution in [2.45, 2.75) is 45.7 Å². The molecule has 5 nitrogen and oxygen atoms in total. The van der Waals surface area contributed by atoms with E-state index in [0.29, 0.717) is 30.8 Å². The number of carbonyl (C=O) groups is 2. The maximum atomic E-state index is 12.5. The molecule has 0 aromatic heterocycles. The van der Waals surface area contributed by atoms with Crippen LogP contribution >= 0.6 is 0 Å². The van der Waals surface area contributed by atoms with Gasteiger partial charge in [0.15, 0.2) is 0 Å². The molecular weight excluding hydrogens is 289 g/mol. The molecule has 0 saturated heterocycles. The summed E-state index contributed by atoms with van der Waals surface area (Å²) in [5.41, 5.74) is 0. The van der Waals surface area contributed by atoms with E-state index in [2.05, 4.69) is 0 Å². The summed E-state index contributed by atoms with van der Waals surface area (Å²) in [7, 11) is 0. The molecule has 0 aliphatic heterocycles. The van der Waals surface area contributed by atoms with E-state index in [0.717, 1.165) is 12.8 Å². The summed E-state index contributed by atoms with van der Waals surface area (Å²) < 4.78 is 37.4. The predicted molar refractivity (Wildman–Crippen MR) is 72.0 cm³/mol. The van der Waals surface area contributed by atoms with Crippen LogP contribution in [0, 0.1) is 0 Å². The van der Waals surface area contributed by atoms with Gasteiger partial charge in [0, 0.05) is 13.1 Å². The van der Waals surface area contributed by atoms with Crippen molar-refractivity contribution in [2.75, 3.05) is 26.2 Å². The van der Waals surface area contributed by atoms with E-state index in [4.69, 9.17) is 5.11 Å². The van der Waals surface area contributed by atoms with Gasteiger partial charge in [0.05, 0.1) is 0 Å². The van der Waals surface area contributed by atoms with Crippen LogP contribution < -0.4 is 0 Å². The zero-order valence-electron chi connectivity index (χ0n) is 12.4. The Bertz CT molecular complexity index is 327. The van der Waals surface area contributed by atoms with Crippen LogP contribution in [0.4, 0.5) is 18.0 Å². The third-order valence-corrected chi connectivity index (χ3v) is 2.80. The summed E-state index contributed by atoms with van der Waals surface area (Å²) >= 11 is 0. The number of aliphatic carboxylic acids is 1. The molecule has 0 radical (unpaired) electrons. The Hall–Kier alpha value is -1.47. The van der Waals surface area contributed by atoms with E-state index in [9.17, 15) is 22.8 Å². The molecule has 0 saturated carbocycles. The van der Waals surface area contributed by atoms with Gasteiger partial charge in [-0.05, 0) is 12.8 Å². The highest BCUT2D eigenvalue weighted by Crippen LogP contribution is 2.18. The number of carbonyl (C=O) groups excluding carboxylic acids is 1. The van der Waals surface area contributed by atoms with Crippen molar-refractivity contribution < 1.29 is 27.9 Å². The molecule has 0 rings (SSSR count). The number of carboxylic acid groups (broad SMARTS) is 1. The van der Waals surface area contributed by atoms with Crippen molar-refractivity contribution in [2.24, 2.45) is 0 Å². The summed E-state index contributed by atoms with van der Waals surface area (Å²) in [6, 6.07) is -0.864. The zero-order valence-corrected chi connectivity index (χ0v) is 12.4. The van der Waals surface area contributed by atoms with Gasteiger partial charge < -0.3 is 14.9 Å². The van der Waals surface area contributed by atoms with Crippen LogP contribution in [0.3, 0.4) is 0 Å². The number of hydrogen-bond donors (Lipinski definition) is 1. The van der Waals surface area contributed by atoms with Gasteiger partial charge in [0.25, 0.3) is 0 Å². The monoisotopic (exact) mass is 312 g/mol. The molecule has 124 valence electrons. The number of halogens is 3. The number of nitrogens with zero attached hydrogens (tertiary/aromatic N) is 2. The summed E-state index contributed by atoms with van der Waals surface area (Å²) in [5.74, 6) is -1.46. The highest BCUT2D eigenvalue weighted by atomic mass is 19.4. The minimum atomic E-state index is -4.62. The fourth-order valence-corrected chi connectivity index (χ4v) is 1.77. The molecular formula is C13H23F3N2O3. The van der Waals surface area contributed by atoms with Crippen molar-refractivity contribution in [1.82, 2.24) is 9.80 Å². The number of hydrogen-bond acceptors (Lipinski definition) is 2. The Labute approximate surface area is 122 Å². The molecule has 0 fully saturated rings. The van der Waals surface area contributed by atoms with Crippen molar-refractivity contribution in [3.8, 4) is 0 Å². The van der Waals surface area contributed by atoms with Gasteiger partial charge in [-0.15, -0.1) is 0 Å². The van der Waals surface area contributed by atoms with Gasteiger partial charge in [-0.3, -0.25) is 4.79 Å². The molecule has 0 aromatic carbocycles. The Morgan fingerprint density at radius 3 is 1.81 bits per heavy atom. The molecule has 1 N–H and O–H groups in total. The summed E-state index contributed by atoms with van der Waals surface area (Å²) in [6.07, 6.45) is -1.68. The second-order valence-corrected chi connectivity index (χ2v) is 4.84. The molecule has 0 unspecified atom stereocenters. The quantitative estimate of drug-likeness (QED) is 0.712. The molecule has 0 aliphatic carbocycles. The molecule has 0 atom stereocenters. The van der Waals surface area contributed by atoms with Crippen LogP contribution in [0.15, 0.2) is 0 Å². The van der Waals surface area contributed by atoms with Crippen molar-refractivity contribution in [1.29, 1.82) is 0 Å². The Morgan fingerprint density at radius 1 is 1.00 bits per heavy atom. The normalized spacial score (nSPS) is 11.3. The molecule has 2 amide bonds. The number of alkyl halides is 3. The molecule has 0 heterocycles. The molecule has 8 heteroatoms. The maximum Gasteiger partial charge on any atom is 0.406 e. The number of urea groups is 1. The van der Waals surface area contributed by atoms with Crippen LogP contribution in [0.25, 0.3) is 0 Å². The third-order valence-electron chi connectivity index (χ3n) is 2.80. The van der Waals surface area contributed by atoms with Crippen molar-refractivity contribution >= 4 is 12.0 Å². The van der Waals surface area contributed by atoms with Gasteiger partial charge in [0.2, 0.25) is 0 Å². The first kappa shape index (κ1) is 19.5. The standard InChI is InChI=1S/C13H23F3N2O3/c1-3-5-7-17(8-6-4-2)12(21)18(9-11(19)20)10-13(14,15)16/h3-10H2,1-2H3,(H,19,20). The van der Waals surface area contributed by atoms with E-state index in [-0.39, 0.29) is 0 Å². The molecule has 0 bridgehead atoms. The Balaban J connectivity index is 4.93. The van der Waals surface area contributed by atoms with Gasteiger partial charge in [-0.1, -0.05) is 26.7 Å².